The van der Waals surface area contributed by atoms with Crippen molar-refractivity contribution in [1.29, 1.82) is 5.41 Å². The molecule has 0 aromatic carbocycles. The molecule has 0 bridgehead atoms. The van der Waals surface area contributed by atoms with Crippen molar-refractivity contribution in [3.8, 4) is 0 Å². The average molecular weight is 175 g/mol. The van der Waals surface area contributed by atoms with Crippen LogP contribution in [-0.2, 0) is 0 Å². The van der Waals surface area contributed by atoms with Gasteiger partial charge in [-0.05, 0) is 38.0 Å². The molecule has 70 valence electrons. The molecule has 0 heterocycles. The van der Waals surface area contributed by atoms with Crippen LogP contribution in [0.2, 0.25) is 0 Å². The van der Waals surface area contributed by atoms with Crippen LogP contribution in [0.1, 0.15) is 20.8 Å². The highest BCUT2D eigenvalue weighted by molar-refractivity contribution is 5.92. The maximum absolute atomic E-state index is 7.38. The Kier molecular flexibility index (Phi) is 4.75. The quantitative estimate of drug-likeness (QED) is 0.498. The molecule has 1 heteroatoms. The number of rotatable bonds is 4. The van der Waals surface area contributed by atoms with Gasteiger partial charge in [0.25, 0.3) is 0 Å². The Bertz CT molecular complexity index is 290. The van der Waals surface area contributed by atoms with Crippen molar-refractivity contribution in [2.24, 2.45) is 0 Å². The molecule has 0 amide bonds. The van der Waals surface area contributed by atoms with Crippen LogP contribution in [0.5, 0.6) is 0 Å². The molecule has 0 rings (SSSR count). The first-order valence-electron chi connectivity index (χ1n) is 4.24. The predicted molar refractivity (Wildman–Crippen MR) is 60.3 cm³/mol. The molecule has 0 atom stereocenters. The molecule has 0 radical (unpaired) electrons. The Hall–Kier alpha value is -1.37. The standard InChI is InChI=1S/C12H17N/c1-6-11(7-2)12(9(3)4)8-10(5)13/h6-8,13H,1,3H2,2,4-5H3/b11-7-,12-8-,13-10?. The van der Waals surface area contributed by atoms with Gasteiger partial charge in [0.1, 0.15) is 0 Å². The van der Waals surface area contributed by atoms with Crippen molar-refractivity contribution in [2.45, 2.75) is 20.8 Å². The van der Waals surface area contributed by atoms with Crippen molar-refractivity contribution < 1.29 is 0 Å². The van der Waals surface area contributed by atoms with E-state index >= 15 is 0 Å². The number of nitrogens with one attached hydrogen (secondary N) is 1. The van der Waals surface area contributed by atoms with Crippen LogP contribution in [0.3, 0.4) is 0 Å². The van der Waals surface area contributed by atoms with Gasteiger partial charge in [0.15, 0.2) is 0 Å². The van der Waals surface area contributed by atoms with E-state index in [1.807, 2.05) is 19.9 Å². The topological polar surface area (TPSA) is 23.9 Å². The predicted octanol–water partition coefficient (Wildman–Crippen LogP) is 3.66. The summed E-state index contributed by atoms with van der Waals surface area (Å²) in [6.45, 7) is 13.2. The summed E-state index contributed by atoms with van der Waals surface area (Å²) in [6.07, 6.45) is 5.55. The molecule has 13 heavy (non-hydrogen) atoms. The molecule has 1 nitrogen and oxygen atoms in total. The van der Waals surface area contributed by atoms with E-state index in [4.69, 9.17) is 5.41 Å². The summed E-state index contributed by atoms with van der Waals surface area (Å²) in [4.78, 5) is 0. The van der Waals surface area contributed by atoms with E-state index in [0.717, 1.165) is 16.7 Å². The lowest BCUT2D eigenvalue weighted by Crippen LogP contribution is -1.92. The number of hydrogen-bond donors (Lipinski definition) is 1. The third kappa shape index (κ3) is 3.70. The van der Waals surface area contributed by atoms with Gasteiger partial charge in [-0.1, -0.05) is 30.9 Å². The SMILES string of the molecule is C=CC(=C/C)/C(=C\C(C)=N)C(=C)C. The first-order chi connectivity index (χ1) is 6.02. The Labute approximate surface area is 80.7 Å². The summed E-state index contributed by atoms with van der Waals surface area (Å²) in [5.41, 5.74) is 3.50. The van der Waals surface area contributed by atoms with E-state index in [9.17, 15) is 0 Å². The van der Waals surface area contributed by atoms with Gasteiger partial charge in [0.05, 0.1) is 0 Å². The first kappa shape index (κ1) is 11.6. The lowest BCUT2D eigenvalue weighted by molar-refractivity contribution is 1.37. The smallest absolute Gasteiger partial charge is 0.0289 e. The van der Waals surface area contributed by atoms with E-state index in [-0.39, 0.29) is 0 Å². The summed E-state index contributed by atoms with van der Waals surface area (Å²) in [6, 6.07) is 0. The largest absolute Gasteiger partial charge is 0.306 e. The summed E-state index contributed by atoms with van der Waals surface area (Å²) >= 11 is 0. The van der Waals surface area contributed by atoms with E-state index in [1.54, 1.807) is 19.1 Å². The van der Waals surface area contributed by atoms with Crippen LogP contribution in [0.15, 0.2) is 48.1 Å². The Morgan fingerprint density at radius 1 is 1.31 bits per heavy atom. The second kappa shape index (κ2) is 5.31. The van der Waals surface area contributed by atoms with Crippen molar-refractivity contribution >= 4 is 5.71 Å². The van der Waals surface area contributed by atoms with E-state index in [0.29, 0.717) is 5.71 Å². The van der Waals surface area contributed by atoms with Gasteiger partial charge in [-0.25, -0.2) is 0 Å². The highest BCUT2D eigenvalue weighted by Gasteiger charge is 2.01. The van der Waals surface area contributed by atoms with Crippen LogP contribution in [0.25, 0.3) is 0 Å². The maximum atomic E-state index is 7.38. The van der Waals surface area contributed by atoms with E-state index in [2.05, 4.69) is 13.2 Å². The third-order valence-electron chi connectivity index (χ3n) is 1.66. The minimum absolute atomic E-state index is 0.527. The fourth-order valence-corrected chi connectivity index (χ4v) is 1.05. The minimum Gasteiger partial charge on any atom is -0.306 e. The number of hydrogen-bond acceptors (Lipinski definition) is 1. The molecule has 0 aliphatic rings. The molecule has 0 saturated carbocycles. The van der Waals surface area contributed by atoms with Gasteiger partial charge in [-0.15, -0.1) is 0 Å². The van der Waals surface area contributed by atoms with Crippen LogP contribution >= 0.6 is 0 Å². The second-order valence-electron chi connectivity index (χ2n) is 2.97. The zero-order chi connectivity index (χ0) is 10.4. The molecule has 0 fully saturated rings. The molecular weight excluding hydrogens is 158 g/mol. The monoisotopic (exact) mass is 175 g/mol. The molecule has 1 N–H and O–H groups in total. The van der Waals surface area contributed by atoms with Gasteiger partial charge in [0, 0.05) is 5.71 Å². The van der Waals surface area contributed by atoms with Crippen LogP contribution in [0.4, 0.5) is 0 Å². The average Bonchev–Trinajstić information content (AvgIpc) is 2.04. The first-order valence-corrected chi connectivity index (χ1v) is 4.24. The number of allylic oxidation sites excluding steroid dienone is 6. The van der Waals surface area contributed by atoms with Gasteiger partial charge in [-0.3, -0.25) is 0 Å². The molecule has 0 aliphatic heterocycles. The highest BCUT2D eigenvalue weighted by atomic mass is 14.4. The molecule has 0 spiro atoms. The molecule has 0 aromatic heterocycles. The third-order valence-corrected chi connectivity index (χ3v) is 1.66. The zero-order valence-corrected chi connectivity index (χ0v) is 8.65. The van der Waals surface area contributed by atoms with Crippen LogP contribution < -0.4 is 0 Å². The van der Waals surface area contributed by atoms with Gasteiger partial charge >= 0.3 is 0 Å². The lowest BCUT2D eigenvalue weighted by Gasteiger charge is -2.07. The lowest BCUT2D eigenvalue weighted by atomic mass is 9.98. The normalized spacial score (nSPS) is 12.5. The maximum Gasteiger partial charge on any atom is 0.0289 e. The Balaban J connectivity index is 5.15. The van der Waals surface area contributed by atoms with Crippen molar-refractivity contribution in [3.05, 3.63) is 48.1 Å². The molecule has 0 aromatic rings. The fourth-order valence-electron chi connectivity index (χ4n) is 1.05. The van der Waals surface area contributed by atoms with Gasteiger partial charge in [0.2, 0.25) is 0 Å². The van der Waals surface area contributed by atoms with Crippen molar-refractivity contribution in [1.82, 2.24) is 0 Å². The van der Waals surface area contributed by atoms with Gasteiger partial charge < -0.3 is 5.41 Å². The van der Waals surface area contributed by atoms with Gasteiger partial charge in [-0.2, -0.15) is 0 Å². The molecule has 0 saturated heterocycles. The molecular formula is C12H17N. The van der Waals surface area contributed by atoms with Crippen LogP contribution in [0, 0.1) is 5.41 Å². The Morgan fingerprint density at radius 3 is 2.08 bits per heavy atom. The summed E-state index contributed by atoms with van der Waals surface area (Å²) < 4.78 is 0. The summed E-state index contributed by atoms with van der Waals surface area (Å²) in [5.74, 6) is 0. The molecule has 0 unspecified atom stereocenters. The second-order valence-corrected chi connectivity index (χ2v) is 2.97. The van der Waals surface area contributed by atoms with Crippen molar-refractivity contribution in [2.75, 3.05) is 0 Å². The Morgan fingerprint density at radius 2 is 1.85 bits per heavy atom. The fraction of sp³-hybridized carbons (Fsp3) is 0.250. The minimum atomic E-state index is 0.527. The van der Waals surface area contributed by atoms with E-state index < -0.39 is 0 Å². The zero-order valence-electron chi connectivity index (χ0n) is 8.65. The molecule has 0 aliphatic carbocycles. The summed E-state index contributed by atoms with van der Waals surface area (Å²) in [5, 5.41) is 7.38. The van der Waals surface area contributed by atoms with Crippen molar-refractivity contribution in [3.63, 3.8) is 0 Å². The summed E-state index contributed by atoms with van der Waals surface area (Å²) in [7, 11) is 0. The van der Waals surface area contributed by atoms with E-state index in [1.165, 1.54) is 0 Å². The van der Waals surface area contributed by atoms with Crippen LogP contribution in [-0.4, -0.2) is 5.71 Å². The highest BCUT2D eigenvalue weighted by Crippen LogP contribution is 2.18.